The molecule has 1 aromatic carbocycles. The number of nitrogens with zero attached hydrogens (tertiary/aromatic N) is 1. The summed E-state index contributed by atoms with van der Waals surface area (Å²) in [7, 11) is 3.18. The molecule has 0 aliphatic carbocycles. The summed E-state index contributed by atoms with van der Waals surface area (Å²) in [5, 5.41) is 0.819. The normalized spacial score (nSPS) is 10.8. The zero-order valence-electron chi connectivity index (χ0n) is 12.1. The van der Waals surface area contributed by atoms with Crippen molar-refractivity contribution in [2.24, 2.45) is 0 Å². The molecule has 3 aromatic rings. The van der Waals surface area contributed by atoms with E-state index in [-0.39, 0.29) is 0 Å². The Morgan fingerprint density at radius 2 is 1.76 bits per heavy atom. The van der Waals surface area contributed by atoms with Gasteiger partial charge in [0, 0.05) is 17.1 Å². The maximum atomic E-state index is 6.14. The lowest BCUT2D eigenvalue weighted by Gasteiger charge is -2.11. The Labute approximate surface area is 122 Å². The van der Waals surface area contributed by atoms with Gasteiger partial charge in [-0.05, 0) is 31.2 Å². The first kappa shape index (κ1) is 13.3. The van der Waals surface area contributed by atoms with E-state index < -0.39 is 0 Å². The van der Waals surface area contributed by atoms with E-state index in [2.05, 4.69) is 4.98 Å². The molecule has 2 aromatic heterocycles. The van der Waals surface area contributed by atoms with Gasteiger partial charge in [-0.25, -0.2) is 4.98 Å². The second-order valence-corrected chi connectivity index (χ2v) is 4.73. The fourth-order valence-electron chi connectivity index (χ4n) is 2.28. The molecule has 21 heavy (non-hydrogen) atoms. The molecule has 2 heterocycles. The van der Waals surface area contributed by atoms with Crippen molar-refractivity contribution in [3.8, 4) is 23.0 Å². The van der Waals surface area contributed by atoms with Gasteiger partial charge in [-0.3, -0.25) is 0 Å². The van der Waals surface area contributed by atoms with Gasteiger partial charge in [0.05, 0.1) is 19.7 Å². The van der Waals surface area contributed by atoms with Gasteiger partial charge in [-0.2, -0.15) is 0 Å². The summed E-state index contributed by atoms with van der Waals surface area (Å²) in [5.74, 6) is 2.76. The van der Waals surface area contributed by atoms with Crippen LogP contribution in [0.1, 0.15) is 5.76 Å². The number of ether oxygens (including phenoxy) is 2. The largest absolute Gasteiger partial charge is 0.493 e. The minimum atomic E-state index is 0.615. The Morgan fingerprint density at radius 3 is 2.38 bits per heavy atom. The summed E-state index contributed by atoms with van der Waals surface area (Å²) in [6, 6.07) is 9.21. The molecule has 0 fully saturated rings. The molecule has 3 rings (SSSR count). The molecule has 0 spiro atoms. The summed E-state index contributed by atoms with van der Waals surface area (Å²) >= 11 is 0. The van der Waals surface area contributed by atoms with Crippen LogP contribution < -0.4 is 15.2 Å². The molecule has 0 radical (unpaired) electrons. The van der Waals surface area contributed by atoms with Crippen molar-refractivity contribution in [2.75, 3.05) is 20.0 Å². The van der Waals surface area contributed by atoms with Crippen LogP contribution in [-0.4, -0.2) is 19.2 Å². The number of pyridine rings is 1. The van der Waals surface area contributed by atoms with E-state index in [1.54, 1.807) is 20.3 Å². The number of anilines is 1. The van der Waals surface area contributed by atoms with Gasteiger partial charge in [0.1, 0.15) is 11.5 Å². The molecule has 2 N–H and O–H groups in total. The minimum Gasteiger partial charge on any atom is -0.493 e. The van der Waals surface area contributed by atoms with Crippen molar-refractivity contribution in [1.29, 1.82) is 0 Å². The van der Waals surface area contributed by atoms with E-state index in [4.69, 9.17) is 19.6 Å². The number of furan rings is 1. The van der Waals surface area contributed by atoms with Crippen molar-refractivity contribution in [2.45, 2.75) is 6.92 Å². The number of methoxy groups -OCH3 is 2. The monoisotopic (exact) mass is 284 g/mol. The molecular weight excluding hydrogens is 268 g/mol. The molecule has 0 saturated carbocycles. The summed E-state index contributed by atoms with van der Waals surface area (Å²) < 4.78 is 16.2. The molecular formula is C16H16N2O3. The second-order valence-electron chi connectivity index (χ2n) is 4.73. The summed E-state index contributed by atoms with van der Waals surface area (Å²) in [5.41, 5.74) is 8.18. The van der Waals surface area contributed by atoms with Crippen LogP contribution in [0.3, 0.4) is 0 Å². The molecule has 5 heteroatoms. The number of benzene rings is 1. The maximum Gasteiger partial charge on any atom is 0.162 e. The lowest BCUT2D eigenvalue weighted by Crippen LogP contribution is -1.95. The van der Waals surface area contributed by atoms with E-state index in [1.807, 2.05) is 31.2 Å². The molecule has 0 saturated heterocycles. The molecule has 108 valence electrons. The number of hydrogen-bond donors (Lipinski definition) is 1. The van der Waals surface area contributed by atoms with Crippen molar-refractivity contribution < 1.29 is 13.9 Å². The highest BCUT2D eigenvalue weighted by molar-refractivity contribution is 5.94. The van der Waals surface area contributed by atoms with Crippen LogP contribution in [0.5, 0.6) is 11.5 Å². The van der Waals surface area contributed by atoms with Gasteiger partial charge in [0.2, 0.25) is 0 Å². The van der Waals surface area contributed by atoms with E-state index >= 15 is 0 Å². The predicted molar refractivity (Wildman–Crippen MR) is 81.7 cm³/mol. The van der Waals surface area contributed by atoms with Crippen LogP contribution in [0, 0.1) is 6.92 Å². The van der Waals surface area contributed by atoms with Crippen molar-refractivity contribution in [1.82, 2.24) is 4.98 Å². The Hall–Kier alpha value is -2.69. The van der Waals surface area contributed by atoms with Crippen LogP contribution in [0.2, 0.25) is 0 Å². The molecule has 0 aliphatic heterocycles. The number of aromatic nitrogens is 1. The predicted octanol–water partition coefficient (Wildman–Crippen LogP) is 3.40. The fraction of sp³-hybridized carbons (Fsp3) is 0.188. The van der Waals surface area contributed by atoms with Crippen molar-refractivity contribution in [3.05, 3.63) is 36.1 Å². The Balaban J connectivity index is 2.23. The third-order valence-corrected chi connectivity index (χ3v) is 3.34. The number of rotatable bonds is 3. The smallest absolute Gasteiger partial charge is 0.162 e. The molecule has 0 aliphatic rings. The van der Waals surface area contributed by atoms with Gasteiger partial charge < -0.3 is 19.6 Å². The van der Waals surface area contributed by atoms with Crippen LogP contribution >= 0.6 is 0 Å². The van der Waals surface area contributed by atoms with E-state index in [9.17, 15) is 0 Å². The van der Waals surface area contributed by atoms with Gasteiger partial charge in [-0.15, -0.1) is 0 Å². The number of nitrogens with two attached hydrogens (primary N) is 1. The summed E-state index contributed by atoms with van der Waals surface area (Å²) in [6.07, 6.45) is 0. The van der Waals surface area contributed by atoms with Crippen molar-refractivity contribution in [3.63, 3.8) is 0 Å². The number of nitrogen functional groups attached to an aromatic ring is 1. The first-order valence-electron chi connectivity index (χ1n) is 6.51. The minimum absolute atomic E-state index is 0.615. The van der Waals surface area contributed by atoms with Crippen LogP contribution in [0.15, 0.2) is 34.7 Å². The number of hydrogen-bond acceptors (Lipinski definition) is 5. The molecule has 0 unspecified atom stereocenters. The topological polar surface area (TPSA) is 70.5 Å². The van der Waals surface area contributed by atoms with Gasteiger partial charge in [-0.1, -0.05) is 0 Å². The lowest BCUT2D eigenvalue weighted by molar-refractivity contribution is 0.356. The standard InChI is InChI=1S/C16H16N2O3/c1-9-4-5-14(21-9)13-7-11(17)10-6-15(19-2)16(20-3)8-12(10)18-13/h4-8H,1-3H3,(H2,17,18). The maximum absolute atomic E-state index is 6.14. The average molecular weight is 284 g/mol. The highest BCUT2D eigenvalue weighted by Gasteiger charge is 2.12. The van der Waals surface area contributed by atoms with Gasteiger partial charge in [0.25, 0.3) is 0 Å². The lowest BCUT2D eigenvalue weighted by atomic mass is 10.1. The number of aryl methyl sites for hydroxylation is 1. The zero-order chi connectivity index (χ0) is 15.0. The molecule has 0 bridgehead atoms. The third kappa shape index (κ3) is 2.27. The van der Waals surface area contributed by atoms with Crippen LogP contribution in [0.25, 0.3) is 22.4 Å². The quantitative estimate of drug-likeness (QED) is 0.798. The summed E-state index contributed by atoms with van der Waals surface area (Å²) in [4.78, 5) is 4.59. The van der Waals surface area contributed by atoms with Crippen LogP contribution in [-0.2, 0) is 0 Å². The van der Waals surface area contributed by atoms with Crippen LogP contribution in [0.4, 0.5) is 5.69 Å². The highest BCUT2D eigenvalue weighted by Crippen LogP contribution is 2.35. The number of fused-ring (bicyclic) bond motifs is 1. The Kier molecular flexibility index (Phi) is 3.17. The molecule has 5 nitrogen and oxygen atoms in total. The molecule has 0 amide bonds. The second kappa shape index (κ2) is 5.01. The van der Waals surface area contributed by atoms with Gasteiger partial charge >= 0.3 is 0 Å². The zero-order valence-corrected chi connectivity index (χ0v) is 12.1. The third-order valence-electron chi connectivity index (χ3n) is 3.34. The Bertz CT molecular complexity index is 809. The SMILES string of the molecule is COc1cc2nc(-c3ccc(C)o3)cc(N)c2cc1OC. The first-order chi connectivity index (χ1) is 10.1. The van der Waals surface area contributed by atoms with E-state index in [1.165, 1.54) is 0 Å². The van der Waals surface area contributed by atoms with Gasteiger partial charge in [0.15, 0.2) is 17.3 Å². The Morgan fingerprint density at radius 1 is 1.05 bits per heavy atom. The first-order valence-corrected chi connectivity index (χ1v) is 6.51. The van der Waals surface area contributed by atoms with Crippen molar-refractivity contribution >= 4 is 16.6 Å². The molecule has 0 atom stereocenters. The van der Waals surface area contributed by atoms with E-state index in [0.29, 0.717) is 28.6 Å². The fourth-order valence-corrected chi connectivity index (χ4v) is 2.28. The summed E-state index contributed by atoms with van der Waals surface area (Å²) in [6.45, 7) is 1.89. The highest BCUT2D eigenvalue weighted by atomic mass is 16.5. The average Bonchev–Trinajstić information content (AvgIpc) is 2.92. The van der Waals surface area contributed by atoms with E-state index in [0.717, 1.165) is 16.7 Å².